The molecule has 1 spiro atoms. The summed E-state index contributed by atoms with van der Waals surface area (Å²) in [6, 6.07) is 3.74. The molecule has 26 heavy (non-hydrogen) atoms. The first-order valence-corrected chi connectivity index (χ1v) is 9.78. The molecule has 0 aromatic heterocycles. The molecule has 2 heterocycles. The number of piperidine rings is 1. The van der Waals surface area contributed by atoms with Crippen LogP contribution < -0.4 is 4.74 Å². The summed E-state index contributed by atoms with van der Waals surface area (Å²) in [6.45, 7) is 1.98. The Bertz CT molecular complexity index is 835. The quantitative estimate of drug-likeness (QED) is 0.556. The number of aromatic hydroxyl groups is 1. The molecule has 5 aliphatic rings. The minimum absolute atomic E-state index is 0.0613. The van der Waals surface area contributed by atoms with Gasteiger partial charge in [-0.1, -0.05) is 11.2 Å². The molecule has 6 nitrogen and oxygen atoms in total. The van der Waals surface area contributed by atoms with Gasteiger partial charge >= 0.3 is 0 Å². The zero-order valence-electron chi connectivity index (χ0n) is 14.7. The average Bonchev–Trinajstić information content (AvgIpc) is 3.37. The number of hydrogen-bond acceptors (Lipinski definition) is 6. The molecular weight excluding hydrogens is 332 g/mol. The van der Waals surface area contributed by atoms with Gasteiger partial charge in [0, 0.05) is 18.2 Å². The SMILES string of the molecule is O/N=C1/CC[C@@]2(O)[C@H]3Cc4ccc(O)c5c4[C@@]2(CCN3CC2CC2)[C@H]1O5. The summed E-state index contributed by atoms with van der Waals surface area (Å²) in [5, 5.41) is 35.6. The van der Waals surface area contributed by atoms with Crippen LogP contribution in [0.25, 0.3) is 0 Å². The summed E-state index contributed by atoms with van der Waals surface area (Å²) in [5.41, 5.74) is 1.19. The van der Waals surface area contributed by atoms with Crippen molar-refractivity contribution < 1.29 is 20.2 Å². The molecule has 0 amide bonds. The van der Waals surface area contributed by atoms with Crippen LogP contribution in [0.2, 0.25) is 0 Å². The minimum Gasteiger partial charge on any atom is -0.504 e. The van der Waals surface area contributed by atoms with Gasteiger partial charge in [0.2, 0.25) is 0 Å². The third-order valence-electron chi connectivity index (χ3n) is 7.71. The third-order valence-corrected chi connectivity index (χ3v) is 7.71. The summed E-state index contributed by atoms with van der Waals surface area (Å²) >= 11 is 0. The Morgan fingerprint density at radius 3 is 2.88 bits per heavy atom. The zero-order chi connectivity index (χ0) is 17.7. The number of aliphatic hydroxyl groups is 1. The van der Waals surface area contributed by atoms with Crippen molar-refractivity contribution in [2.45, 2.75) is 61.7 Å². The van der Waals surface area contributed by atoms with Gasteiger partial charge in [-0.3, -0.25) is 4.90 Å². The molecule has 2 bridgehead atoms. The van der Waals surface area contributed by atoms with Gasteiger partial charge in [0.1, 0.15) is 0 Å². The summed E-state index contributed by atoms with van der Waals surface area (Å²) in [4.78, 5) is 2.49. The van der Waals surface area contributed by atoms with Crippen LogP contribution in [0.15, 0.2) is 17.3 Å². The monoisotopic (exact) mass is 356 g/mol. The normalized spacial score (nSPS) is 41.8. The van der Waals surface area contributed by atoms with Crippen molar-refractivity contribution >= 4 is 5.71 Å². The highest BCUT2D eigenvalue weighted by atomic mass is 16.5. The lowest BCUT2D eigenvalue weighted by atomic mass is 9.49. The van der Waals surface area contributed by atoms with Gasteiger partial charge in [-0.15, -0.1) is 0 Å². The topological polar surface area (TPSA) is 85.5 Å². The maximum atomic E-state index is 12.1. The number of rotatable bonds is 2. The van der Waals surface area contributed by atoms with Crippen LogP contribution in [0.4, 0.5) is 0 Å². The fourth-order valence-electron chi connectivity index (χ4n) is 6.38. The lowest BCUT2D eigenvalue weighted by molar-refractivity contribution is -0.167. The summed E-state index contributed by atoms with van der Waals surface area (Å²) in [7, 11) is 0. The second-order valence-corrected chi connectivity index (χ2v) is 8.84. The Labute approximate surface area is 152 Å². The zero-order valence-corrected chi connectivity index (χ0v) is 14.7. The number of oxime groups is 1. The molecule has 0 radical (unpaired) electrons. The van der Waals surface area contributed by atoms with Crippen LogP contribution in [0.5, 0.6) is 11.5 Å². The lowest BCUT2D eigenvalue weighted by Crippen LogP contribution is -2.76. The second kappa shape index (κ2) is 4.73. The van der Waals surface area contributed by atoms with Crippen LogP contribution in [0.3, 0.4) is 0 Å². The summed E-state index contributed by atoms with van der Waals surface area (Å²) < 4.78 is 6.19. The molecule has 2 saturated carbocycles. The molecule has 6 heteroatoms. The first-order valence-electron chi connectivity index (χ1n) is 9.78. The van der Waals surface area contributed by atoms with Gasteiger partial charge in [-0.2, -0.15) is 0 Å². The van der Waals surface area contributed by atoms with Crippen molar-refractivity contribution in [3.8, 4) is 11.5 Å². The molecule has 3 N–H and O–H groups in total. The first kappa shape index (κ1) is 15.3. The molecule has 3 fully saturated rings. The Morgan fingerprint density at radius 2 is 2.12 bits per heavy atom. The highest BCUT2D eigenvalue weighted by molar-refractivity contribution is 5.94. The predicted octanol–water partition coefficient (Wildman–Crippen LogP) is 1.79. The number of nitrogens with zero attached hydrogens (tertiary/aromatic N) is 2. The molecule has 3 aliphatic carbocycles. The Kier molecular flexibility index (Phi) is 2.78. The van der Waals surface area contributed by atoms with E-state index in [4.69, 9.17) is 4.74 Å². The largest absolute Gasteiger partial charge is 0.504 e. The van der Waals surface area contributed by atoms with Crippen molar-refractivity contribution in [1.82, 2.24) is 4.90 Å². The molecule has 4 atom stereocenters. The third kappa shape index (κ3) is 1.59. The fourth-order valence-corrected chi connectivity index (χ4v) is 6.38. The van der Waals surface area contributed by atoms with Crippen LogP contribution in [-0.4, -0.2) is 56.9 Å². The van der Waals surface area contributed by atoms with Gasteiger partial charge in [0.15, 0.2) is 17.6 Å². The van der Waals surface area contributed by atoms with E-state index < -0.39 is 17.1 Å². The van der Waals surface area contributed by atoms with Gasteiger partial charge in [0.05, 0.1) is 16.7 Å². The van der Waals surface area contributed by atoms with E-state index in [0.29, 0.717) is 24.3 Å². The van der Waals surface area contributed by atoms with E-state index in [1.165, 1.54) is 12.8 Å². The fraction of sp³-hybridized carbons (Fsp3) is 0.650. The Hall–Kier alpha value is -1.79. The maximum Gasteiger partial charge on any atom is 0.166 e. The van der Waals surface area contributed by atoms with Crippen LogP contribution in [0, 0.1) is 5.92 Å². The molecule has 138 valence electrons. The molecule has 1 aromatic rings. The molecule has 2 aliphatic heterocycles. The number of ether oxygens (including phenoxy) is 1. The van der Waals surface area contributed by atoms with Crippen molar-refractivity contribution in [1.29, 1.82) is 0 Å². The predicted molar refractivity (Wildman–Crippen MR) is 94.0 cm³/mol. The number of hydrogen-bond donors (Lipinski definition) is 3. The van der Waals surface area contributed by atoms with Gasteiger partial charge in [-0.25, -0.2) is 0 Å². The highest BCUT2D eigenvalue weighted by Gasteiger charge is 2.72. The van der Waals surface area contributed by atoms with E-state index in [-0.39, 0.29) is 11.8 Å². The highest BCUT2D eigenvalue weighted by Crippen LogP contribution is 2.65. The van der Waals surface area contributed by atoms with E-state index in [0.717, 1.165) is 43.0 Å². The van der Waals surface area contributed by atoms with E-state index in [2.05, 4.69) is 10.1 Å². The Balaban J connectivity index is 1.58. The van der Waals surface area contributed by atoms with Crippen molar-refractivity contribution in [3.05, 3.63) is 23.3 Å². The summed E-state index contributed by atoms with van der Waals surface area (Å²) in [5.74, 6) is 1.38. The molecule has 1 aromatic carbocycles. The van der Waals surface area contributed by atoms with Crippen LogP contribution in [-0.2, 0) is 11.8 Å². The molecule has 0 unspecified atom stereocenters. The molecule has 6 rings (SSSR count). The van der Waals surface area contributed by atoms with Crippen molar-refractivity contribution in [3.63, 3.8) is 0 Å². The number of phenolic OH excluding ortho intramolecular Hbond substituents is 1. The smallest absolute Gasteiger partial charge is 0.166 e. The van der Waals surface area contributed by atoms with E-state index >= 15 is 0 Å². The lowest BCUT2D eigenvalue weighted by Gasteiger charge is -2.63. The number of benzene rings is 1. The molecule has 1 saturated heterocycles. The second-order valence-electron chi connectivity index (χ2n) is 8.84. The van der Waals surface area contributed by atoms with E-state index in [1.807, 2.05) is 6.07 Å². The Morgan fingerprint density at radius 1 is 1.27 bits per heavy atom. The number of phenols is 1. The maximum absolute atomic E-state index is 12.1. The van der Waals surface area contributed by atoms with Crippen LogP contribution >= 0.6 is 0 Å². The average molecular weight is 356 g/mol. The van der Waals surface area contributed by atoms with Gasteiger partial charge in [0.25, 0.3) is 0 Å². The van der Waals surface area contributed by atoms with Gasteiger partial charge in [-0.05, 0) is 62.6 Å². The van der Waals surface area contributed by atoms with E-state index in [9.17, 15) is 15.4 Å². The van der Waals surface area contributed by atoms with Crippen LogP contribution in [0.1, 0.15) is 43.2 Å². The van der Waals surface area contributed by atoms with Crippen molar-refractivity contribution in [2.24, 2.45) is 11.1 Å². The summed E-state index contributed by atoms with van der Waals surface area (Å²) in [6.07, 6.45) is 4.77. The van der Waals surface area contributed by atoms with Crippen molar-refractivity contribution in [2.75, 3.05) is 13.1 Å². The molecular formula is C20H24N2O4. The van der Waals surface area contributed by atoms with Gasteiger partial charge < -0.3 is 20.2 Å². The first-order chi connectivity index (χ1) is 12.6. The standard InChI is InChI=1S/C20H24N2O4/c23-14-4-3-12-9-15-20(24)6-5-13(21-25)18-19(20,16(12)17(14)26-18)7-8-22(15)10-11-1-2-11/h3-4,11,15,18,23-25H,1-2,5-10H2/b21-13-/t15-,18+,19+,20-/m1/s1. The number of likely N-dealkylation sites (tertiary alicyclic amines) is 1. The minimum atomic E-state index is -0.912. The van der Waals surface area contributed by atoms with E-state index in [1.54, 1.807) is 6.07 Å².